The highest BCUT2D eigenvalue weighted by molar-refractivity contribution is 5.73. The van der Waals surface area contributed by atoms with Crippen molar-refractivity contribution in [2.75, 3.05) is 0 Å². The van der Waals surface area contributed by atoms with Crippen LogP contribution in [0.4, 0.5) is 0 Å². The van der Waals surface area contributed by atoms with Crippen LogP contribution in [0.1, 0.15) is 41.5 Å². The molecule has 18 heavy (non-hydrogen) atoms. The number of rotatable bonds is 5. The molecule has 0 spiro atoms. The Morgan fingerprint density at radius 1 is 1.33 bits per heavy atom. The second-order valence-electron chi connectivity index (χ2n) is 4.34. The number of aromatic nitrogens is 3. The van der Waals surface area contributed by atoms with Crippen LogP contribution in [0.3, 0.4) is 0 Å². The van der Waals surface area contributed by atoms with Gasteiger partial charge in [-0.2, -0.15) is 0 Å². The molecule has 0 aliphatic carbocycles. The van der Waals surface area contributed by atoms with E-state index in [0.717, 1.165) is 42.5 Å². The summed E-state index contributed by atoms with van der Waals surface area (Å²) in [6.07, 6.45) is 3.72. The summed E-state index contributed by atoms with van der Waals surface area (Å²) in [5.41, 5.74) is 3.47. The maximum atomic E-state index is 11.0. The van der Waals surface area contributed by atoms with Crippen molar-refractivity contribution in [1.82, 2.24) is 15.0 Å². The zero-order valence-electron chi connectivity index (χ0n) is 10.8. The Morgan fingerprint density at radius 3 is 2.78 bits per heavy atom. The summed E-state index contributed by atoms with van der Waals surface area (Å²) in [7, 11) is 0. The van der Waals surface area contributed by atoms with Gasteiger partial charge in [0.2, 0.25) is 0 Å². The average molecular weight is 243 g/mol. The van der Waals surface area contributed by atoms with Gasteiger partial charge in [-0.3, -0.25) is 4.79 Å². The first-order chi connectivity index (χ1) is 8.77. The van der Waals surface area contributed by atoms with Gasteiger partial charge in [-0.25, -0.2) is 4.68 Å². The van der Waals surface area contributed by atoms with Crippen molar-refractivity contribution in [1.29, 1.82) is 0 Å². The second-order valence-corrected chi connectivity index (χ2v) is 4.34. The first-order valence-corrected chi connectivity index (χ1v) is 6.23. The van der Waals surface area contributed by atoms with Crippen LogP contribution in [-0.4, -0.2) is 21.3 Å². The molecule has 0 saturated heterocycles. The number of hydrogen-bond acceptors (Lipinski definition) is 3. The van der Waals surface area contributed by atoms with Crippen molar-refractivity contribution in [2.45, 2.75) is 33.1 Å². The van der Waals surface area contributed by atoms with Crippen LogP contribution in [0.25, 0.3) is 5.69 Å². The van der Waals surface area contributed by atoms with Gasteiger partial charge in [-0.1, -0.05) is 36.8 Å². The van der Waals surface area contributed by atoms with Gasteiger partial charge >= 0.3 is 0 Å². The van der Waals surface area contributed by atoms with E-state index in [4.69, 9.17) is 0 Å². The number of carbonyl (C=O) groups is 1. The number of aldehydes is 1. The van der Waals surface area contributed by atoms with Gasteiger partial charge < -0.3 is 0 Å². The molecule has 4 heteroatoms. The smallest absolute Gasteiger partial charge is 0.172 e. The molecule has 4 nitrogen and oxygen atoms in total. The summed E-state index contributed by atoms with van der Waals surface area (Å²) in [5.74, 6) is 0. The van der Waals surface area contributed by atoms with Gasteiger partial charge in [0.1, 0.15) is 5.69 Å². The van der Waals surface area contributed by atoms with Crippen LogP contribution in [0, 0.1) is 6.92 Å². The Kier molecular flexibility index (Phi) is 3.87. The predicted octanol–water partition coefficient (Wildman–Crippen LogP) is 2.73. The third kappa shape index (κ3) is 2.32. The third-order valence-corrected chi connectivity index (χ3v) is 3.02. The van der Waals surface area contributed by atoms with E-state index in [0.29, 0.717) is 5.69 Å². The van der Waals surface area contributed by atoms with E-state index in [9.17, 15) is 4.79 Å². The van der Waals surface area contributed by atoms with E-state index in [-0.39, 0.29) is 0 Å². The lowest BCUT2D eigenvalue weighted by atomic mass is 10.1. The Bertz CT molecular complexity index is 546. The van der Waals surface area contributed by atoms with E-state index < -0.39 is 0 Å². The van der Waals surface area contributed by atoms with Crippen LogP contribution >= 0.6 is 0 Å². The summed E-state index contributed by atoms with van der Waals surface area (Å²) in [6.45, 7) is 4.16. The highest BCUT2D eigenvalue weighted by Gasteiger charge is 2.14. The number of aryl methyl sites for hydroxylation is 1. The van der Waals surface area contributed by atoms with E-state index in [1.165, 1.54) is 0 Å². The normalized spacial score (nSPS) is 10.6. The van der Waals surface area contributed by atoms with Gasteiger partial charge in [0.25, 0.3) is 0 Å². The van der Waals surface area contributed by atoms with Crippen molar-refractivity contribution >= 4 is 6.29 Å². The first kappa shape index (κ1) is 12.5. The first-order valence-electron chi connectivity index (χ1n) is 6.23. The number of unbranched alkanes of at least 4 members (excludes halogenated alkanes) is 1. The summed E-state index contributed by atoms with van der Waals surface area (Å²) in [5, 5.41) is 8.06. The third-order valence-electron chi connectivity index (χ3n) is 3.02. The molecule has 1 aromatic heterocycles. The molecule has 0 atom stereocenters. The molecule has 0 radical (unpaired) electrons. The van der Waals surface area contributed by atoms with Gasteiger partial charge in [0.05, 0.1) is 11.4 Å². The lowest BCUT2D eigenvalue weighted by molar-refractivity contribution is 0.111. The molecule has 0 aliphatic heterocycles. The molecule has 2 rings (SSSR count). The Labute approximate surface area is 107 Å². The molecule has 0 unspecified atom stereocenters. The highest BCUT2D eigenvalue weighted by atomic mass is 16.1. The topological polar surface area (TPSA) is 47.8 Å². The quantitative estimate of drug-likeness (QED) is 0.759. The summed E-state index contributed by atoms with van der Waals surface area (Å²) in [4.78, 5) is 11.0. The molecule has 0 aliphatic rings. The van der Waals surface area contributed by atoms with E-state index in [1.54, 1.807) is 4.68 Å². The molecule has 0 bridgehead atoms. The molecule has 0 saturated carbocycles. The minimum absolute atomic E-state index is 0.451. The molecule has 1 aromatic carbocycles. The van der Waals surface area contributed by atoms with Gasteiger partial charge in [0, 0.05) is 0 Å². The standard InChI is InChI=1S/C14H17N3O/c1-3-4-8-14-12(10-18)15-16-17(14)13-9-6-5-7-11(13)2/h5-7,9-10H,3-4,8H2,1-2H3. The van der Waals surface area contributed by atoms with E-state index in [2.05, 4.69) is 17.2 Å². The second kappa shape index (κ2) is 5.58. The van der Waals surface area contributed by atoms with E-state index in [1.807, 2.05) is 31.2 Å². The molecular formula is C14H17N3O. The van der Waals surface area contributed by atoms with Crippen molar-refractivity contribution in [3.05, 3.63) is 41.2 Å². The zero-order valence-corrected chi connectivity index (χ0v) is 10.8. The number of benzene rings is 1. The Hall–Kier alpha value is -1.97. The maximum absolute atomic E-state index is 11.0. The van der Waals surface area contributed by atoms with Crippen LogP contribution in [0.15, 0.2) is 24.3 Å². The fourth-order valence-corrected chi connectivity index (χ4v) is 1.98. The fourth-order valence-electron chi connectivity index (χ4n) is 1.98. The average Bonchev–Trinajstić information content (AvgIpc) is 2.79. The number of hydrogen-bond donors (Lipinski definition) is 0. The number of nitrogens with zero attached hydrogens (tertiary/aromatic N) is 3. The largest absolute Gasteiger partial charge is 0.296 e. The van der Waals surface area contributed by atoms with Crippen molar-refractivity contribution < 1.29 is 4.79 Å². The monoisotopic (exact) mass is 243 g/mol. The van der Waals surface area contributed by atoms with Gasteiger partial charge in [-0.05, 0) is 31.4 Å². The fraction of sp³-hybridized carbons (Fsp3) is 0.357. The van der Waals surface area contributed by atoms with Gasteiger partial charge in [0.15, 0.2) is 6.29 Å². The summed E-state index contributed by atoms with van der Waals surface area (Å²) >= 11 is 0. The van der Waals surface area contributed by atoms with Gasteiger partial charge in [-0.15, -0.1) is 5.10 Å². The molecule has 94 valence electrons. The van der Waals surface area contributed by atoms with Crippen molar-refractivity contribution in [3.8, 4) is 5.69 Å². The summed E-state index contributed by atoms with van der Waals surface area (Å²) < 4.78 is 1.79. The lowest BCUT2D eigenvalue weighted by Crippen LogP contribution is -2.05. The Morgan fingerprint density at radius 2 is 2.11 bits per heavy atom. The SMILES string of the molecule is CCCCc1c(C=O)nnn1-c1ccccc1C. The van der Waals surface area contributed by atoms with Crippen LogP contribution in [-0.2, 0) is 6.42 Å². The van der Waals surface area contributed by atoms with Crippen LogP contribution in [0.2, 0.25) is 0 Å². The Balaban J connectivity index is 2.47. The number of para-hydroxylation sites is 1. The van der Waals surface area contributed by atoms with Crippen molar-refractivity contribution in [2.24, 2.45) is 0 Å². The molecule has 0 fully saturated rings. The highest BCUT2D eigenvalue weighted by Crippen LogP contribution is 2.17. The van der Waals surface area contributed by atoms with E-state index >= 15 is 0 Å². The number of carbonyl (C=O) groups excluding carboxylic acids is 1. The van der Waals surface area contributed by atoms with Crippen LogP contribution < -0.4 is 0 Å². The van der Waals surface area contributed by atoms with Crippen LogP contribution in [0.5, 0.6) is 0 Å². The van der Waals surface area contributed by atoms with Crippen molar-refractivity contribution in [3.63, 3.8) is 0 Å². The maximum Gasteiger partial charge on any atom is 0.172 e. The minimum atomic E-state index is 0.451. The zero-order chi connectivity index (χ0) is 13.0. The summed E-state index contributed by atoms with van der Waals surface area (Å²) in [6, 6.07) is 7.98. The molecule has 2 aromatic rings. The minimum Gasteiger partial charge on any atom is -0.296 e. The molecule has 1 heterocycles. The molecule has 0 N–H and O–H groups in total. The lowest BCUT2D eigenvalue weighted by Gasteiger charge is -2.08. The molecule has 0 amide bonds. The predicted molar refractivity (Wildman–Crippen MR) is 70.1 cm³/mol. The molecular weight excluding hydrogens is 226 g/mol.